The average molecular weight is 235 g/mol. The Morgan fingerprint density at radius 3 is 2.59 bits per heavy atom. The molecule has 17 heavy (non-hydrogen) atoms. The number of benzene rings is 1. The Bertz CT molecular complexity index is 486. The highest BCUT2D eigenvalue weighted by Gasteiger charge is 2.45. The van der Waals surface area contributed by atoms with Crippen LogP contribution in [0.3, 0.4) is 0 Å². The lowest BCUT2D eigenvalue weighted by molar-refractivity contribution is -0.134. The molecule has 0 radical (unpaired) electrons. The summed E-state index contributed by atoms with van der Waals surface area (Å²) in [5.41, 5.74) is 0.185. The molecular weight excluding hydrogens is 221 g/mol. The largest absolute Gasteiger partial charge is 0.281 e. The molecule has 0 N–H and O–H groups in total. The maximum absolute atomic E-state index is 12.7. The second kappa shape index (κ2) is 3.95. The van der Waals surface area contributed by atoms with Gasteiger partial charge in [-0.25, -0.2) is 0 Å². The minimum Gasteiger partial charge on any atom is -0.281 e. The predicted molar refractivity (Wildman–Crippen MR) is 61.5 cm³/mol. The maximum atomic E-state index is 12.7. The van der Waals surface area contributed by atoms with Gasteiger partial charge in [-0.1, -0.05) is 18.2 Å². The zero-order valence-corrected chi connectivity index (χ0v) is 9.87. The molecule has 2 rings (SSSR count). The van der Waals surface area contributed by atoms with Gasteiger partial charge >= 0.3 is 0 Å². The molecule has 3 nitrogen and oxygen atoms in total. The van der Waals surface area contributed by atoms with E-state index >= 15 is 0 Å². The average Bonchev–Trinajstić information content (AvgIpc) is 2.35. The van der Waals surface area contributed by atoms with Crippen molar-refractivity contribution in [2.45, 2.75) is 18.8 Å². The van der Waals surface area contributed by atoms with Crippen molar-refractivity contribution in [1.29, 1.82) is 0 Å². The maximum Gasteiger partial charge on any atom is 0.260 e. The Morgan fingerprint density at radius 2 is 1.94 bits per heavy atom. The van der Waals surface area contributed by atoms with E-state index in [2.05, 4.69) is 0 Å². The van der Waals surface area contributed by atoms with Crippen molar-refractivity contribution in [2.75, 3.05) is 13.7 Å². The Balaban J connectivity index is 2.65. The van der Waals surface area contributed by atoms with Crippen LogP contribution in [0.5, 0.6) is 0 Å². The van der Waals surface area contributed by atoms with Crippen molar-refractivity contribution in [3.8, 4) is 0 Å². The highest BCUT2D eigenvalue weighted by Crippen LogP contribution is 2.36. The third-order valence-electron chi connectivity index (χ3n) is 3.43. The number of hydrogen-bond donors (Lipinski definition) is 0. The Labute approximate surface area is 99.2 Å². The number of hydrogen-bond acceptors (Lipinski definition) is 2. The lowest BCUT2D eigenvalue weighted by Gasteiger charge is -2.37. The van der Waals surface area contributed by atoms with E-state index in [1.807, 2.05) is 0 Å². The number of likely N-dealkylation sites (N-methyl/N-ethyl adjacent to an activating group) is 1. The first-order chi connectivity index (χ1) is 8.02. The van der Waals surface area contributed by atoms with Gasteiger partial charge < -0.3 is 0 Å². The monoisotopic (exact) mass is 235 g/mol. The van der Waals surface area contributed by atoms with Crippen LogP contribution in [0.15, 0.2) is 24.3 Å². The summed E-state index contributed by atoms with van der Waals surface area (Å²) in [7, 11) is 1.44. The van der Waals surface area contributed by atoms with Crippen LogP contribution >= 0.6 is 0 Å². The number of alkyl halides is 1. The van der Waals surface area contributed by atoms with Crippen molar-refractivity contribution < 1.29 is 14.0 Å². The van der Waals surface area contributed by atoms with E-state index in [0.29, 0.717) is 11.1 Å². The number of amides is 2. The first-order valence-electron chi connectivity index (χ1n) is 5.50. The van der Waals surface area contributed by atoms with Crippen molar-refractivity contribution in [3.05, 3.63) is 35.4 Å². The van der Waals surface area contributed by atoms with Crippen molar-refractivity contribution in [3.63, 3.8) is 0 Å². The number of rotatable bonds is 2. The minimum absolute atomic E-state index is 0.0977. The summed E-state index contributed by atoms with van der Waals surface area (Å²) in [6.07, 6.45) is 0.0977. The van der Waals surface area contributed by atoms with Gasteiger partial charge in [0, 0.05) is 12.6 Å². The normalized spacial score (nSPS) is 23.8. The van der Waals surface area contributed by atoms with E-state index in [1.54, 1.807) is 31.2 Å². The van der Waals surface area contributed by atoms with Gasteiger partial charge in [0.1, 0.15) is 0 Å². The quantitative estimate of drug-likeness (QED) is 0.734. The molecule has 1 atom stereocenters. The molecule has 0 saturated carbocycles. The molecule has 1 aromatic rings. The second-order valence-corrected chi connectivity index (χ2v) is 4.49. The lowest BCUT2D eigenvalue weighted by atomic mass is 9.74. The van der Waals surface area contributed by atoms with Crippen LogP contribution in [0.4, 0.5) is 4.39 Å². The summed E-state index contributed by atoms with van der Waals surface area (Å²) in [5.74, 6) is -0.652. The van der Waals surface area contributed by atoms with E-state index in [-0.39, 0.29) is 18.2 Å². The molecule has 0 bridgehead atoms. The van der Waals surface area contributed by atoms with Crippen LogP contribution in [0.1, 0.15) is 29.3 Å². The summed E-state index contributed by atoms with van der Waals surface area (Å²) >= 11 is 0. The van der Waals surface area contributed by atoms with Crippen LogP contribution in [-0.4, -0.2) is 30.4 Å². The number of nitrogens with zero attached hydrogens (tertiary/aromatic N) is 1. The fourth-order valence-corrected chi connectivity index (χ4v) is 2.34. The van der Waals surface area contributed by atoms with Crippen LogP contribution in [0, 0.1) is 0 Å². The molecule has 0 aromatic heterocycles. The van der Waals surface area contributed by atoms with Gasteiger partial charge in [0.05, 0.1) is 12.1 Å². The molecule has 0 spiro atoms. The van der Waals surface area contributed by atoms with Gasteiger partial charge in [-0.15, -0.1) is 0 Å². The van der Waals surface area contributed by atoms with Crippen LogP contribution in [0.2, 0.25) is 0 Å². The third-order valence-corrected chi connectivity index (χ3v) is 3.43. The molecule has 1 heterocycles. The van der Waals surface area contributed by atoms with Crippen LogP contribution < -0.4 is 0 Å². The van der Waals surface area contributed by atoms with E-state index in [0.717, 1.165) is 4.90 Å². The van der Waals surface area contributed by atoms with Crippen molar-refractivity contribution in [1.82, 2.24) is 4.90 Å². The molecule has 90 valence electrons. The standard InChI is InChI=1S/C13H14FNO2/c1-13(7-8-14)10-6-4-3-5-9(10)11(16)15(2)12(13)17/h3-6H,7-8H2,1-2H3. The molecule has 1 aliphatic heterocycles. The highest BCUT2D eigenvalue weighted by atomic mass is 19.1. The molecule has 1 aromatic carbocycles. The van der Waals surface area contributed by atoms with E-state index in [1.165, 1.54) is 7.05 Å². The van der Waals surface area contributed by atoms with E-state index in [4.69, 9.17) is 0 Å². The molecule has 0 saturated heterocycles. The number of imide groups is 1. The second-order valence-electron chi connectivity index (χ2n) is 4.49. The topological polar surface area (TPSA) is 37.4 Å². The number of fused-ring (bicyclic) bond motifs is 1. The molecule has 4 heteroatoms. The fourth-order valence-electron chi connectivity index (χ4n) is 2.34. The van der Waals surface area contributed by atoms with Gasteiger partial charge in [0.25, 0.3) is 5.91 Å². The highest BCUT2D eigenvalue weighted by molar-refractivity contribution is 6.12. The minimum atomic E-state index is -0.937. The zero-order valence-electron chi connectivity index (χ0n) is 9.87. The van der Waals surface area contributed by atoms with Gasteiger partial charge in [-0.2, -0.15) is 0 Å². The third kappa shape index (κ3) is 1.55. The van der Waals surface area contributed by atoms with Crippen molar-refractivity contribution >= 4 is 11.8 Å². The van der Waals surface area contributed by atoms with Crippen molar-refractivity contribution in [2.24, 2.45) is 0 Å². The molecule has 1 unspecified atom stereocenters. The van der Waals surface area contributed by atoms with Gasteiger partial charge in [-0.3, -0.25) is 18.9 Å². The van der Waals surface area contributed by atoms with Gasteiger partial charge in [0.2, 0.25) is 5.91 Å². The van der Waals surface area contributed by atoms with Crippen LogP contribution in [-0.2, 0) is 10.2 Å². The van der Waals surface area contributed by atoms with E-state index in [9.17, 15) is 14.0 Å². The molecular formula is C13H14FNO2. The summed E-state index contributed by atoms with van der Waals surface area (Å²) in [5, 5.41) is 0. The molecule has 2 amide bonds. The Morgan fingerprint density at radius 1 is 1.29 bits per heavy atom. The lowest BCUT2D eigenvalue weighted by Crippen LogP contribution is -2.51. The summed E-state index contributed by atoms with van der Waals surface area (Å²) in [4.78, 5) is 25.2. The fraction of sp³-hybridized carbons (Fsp3) is 0.385. The van der Waals surface area contributed by atoms with Crippen LogP contribution in [0.25, 0.3) is 0 Å². The van der Waals surface area contributed by atoms with E-state index < -0.39 is 12.1 Å². The molecule has 0 fully saturated rings. The number of halogens is 1. The number of carbonyl (C=O) groups is 2. The Hall–Kier alpha value is -1.71. The Kier molecular flexibility index (Phi) is 2.73. The number of carbonyl (C=O) groups excluding carboxylic acids is 2. The predicted octanol–water partition coefficient (Wildman–Crippen LogP) is 1.92. The first-order valence-corrected chi connectivity index (χ1v) is 5.50. The van der Waals surface area contributed by atoms with Gasteiger partial charge in [-0.05, 0) is 25.0 Å². The zero-order chi connectivity index (χ0) is 12.6. The molecule has 1 aliphatic rings. The van der Waals surface area contributed by atoms with Gasteiger partial charge in [0.15, 0.2) is 0 Å². The smallest absolute Gasteiger partial charge is 0.260 e. The summed E-state index contributed by atoms with van der Waals surface area (Å²) < 4.78 is 12.7. The summed E-state index contributed by atoms with van der Waals surface area (Å²) in [6.45, 7) is 1.11. The SMILES string of the molecule is CN1C(=O)c2ccccc2C(C)(CCF)C1=O. The molecule has 0 aliphatic carbocycles. The summed E-state index contributed by atoms with van der Waals surface area (Å²) in [6, 6.07) is 6.92. The first kappa shape index (κ1) is 11.8.